The Hall–Kier alpha value is -1.81. The van der Waals surface area contributed by atoms with Crippen LogP contribution in [0, 0.1) is 0 Å². The molecule has 0 aliphatic carbocycles. The van der Waals surface area contributed by atoms with E-state index in [1.807, 2.05) is 31.3 Å². The van der Waals surface area contributed by atoms with Gasteiger partial charge in [0, 0.05) is 18.2 Å². The Morgan fingerprint density at radius 2 is 1.86 bits per heavy atom. The first kappa shape index (κ1) is 17.2. The average Bonchev–Trinajstić information content (AvgIpc) is 2.44. The maximum Gasteiger partial charge on any atom is 0.330 e. The molecular formula is C17H25NO3. The zero-order chi connectivity index (χ0) is 15.9. The molecule has 1 aromatic carbocycles. The Morgan fingerprint density at radius 1 is 1.24 bits per heavy atom. The van der Waals surface area contributed by atoms with E-state index in [1.165, 1.54) is 6.08 Å². The summed E-state index contributed by atoms with van der Waals surface area (Å²) in [6.07, 6.45) is 3.17. The third-order valence-electron chi connectivity index (χ3n) is 3.34. The van der Waals surface area contributed by atoms with Crippen molar-refractivity contribution in [1.29, 1.82) is 0 Å². The molecule has 1 rings (SSSR count). The molecular weight excluding hydrogens is 266 g/mol. The lowest BCUT2D eigenvalue weighted by atomic mass is 10.1. The Balaban J connectivity index is 2.37. The summed E-state index contributed by atoms with van der Waals surface area (Å²) in [6, 6.07) is 7.47. The summed E-state index contributed by atoms with van der Waals surface area (Å²) in [6.45, 7) is 7.47. The Bertz CT molecular complexity index is 472. The van der Waals surface area contributed by atoms with Gasteiger partial charge in [0.25, 0.3) is 0 Å². The van der Waals surface area contributed by atoms with Gasteiger partial charge in [-0.2, -0.15) is 0 Å². The minimum atomic E-state index is -0.326. The number of benzene rings is 1. The number of nitrogens with zero attached hydrogens (tertiary/aromatic N) is 1. The van der Waals surface area contributed by atoms with Gasteiger partial charge in [0.2, 0.25) is 0 Å². The molecule has 0 aromatic heterocycles. The summed E-state index contributed by atoms with van der Waals surface area (Å²) in [5.74, 6) is 0.466. The van der Waals surface area contributed by atoms with Crippen molar-refractivity contribution >= 4 is 12.0 Å². The van der Waals surface area contributed by atoms with Crippen molar-refractivity contribution in [3.8, 4) is 5.75 Å². The highest BCUT2D eigenvalue weighted by atomic mass is 16.5. The van der Waals surface area contributed by atoms with Gasteiger partial charge in [-0.1, -0.05) is 12.1 Å². The van der Waals surface area contributed by atoms with Crippen molar-refractivity contribution in [2.45, 2.75) is 26.3 Å². The fourth-order valence-electron chi connectivity index (χ4n) is 1.55. The molecule has 0 saturated carbocycles. The fraction of sp³-hybridized carbons (Fsp3) is 0.471. The van der Waals surface area contributed by atoms with Crippen molar-refractivity contribution in [2.24, 2.45) is 0 Å². The number of carbonyl (C=O) groups excluding carboxylic acids is 1. The summed E-state index contributed by atoms with van der Waals surface area (Å²) in [7, 11) is 3.64. The molecule has 0 bridgehead atoms. The van der Waals surface area contributed by atoms with E-state index >= 15 is 0 Å². The molecule has 0 aliphatic heterocycles. The van der Waals surface area contributed by atoms with Crippen molar-refractivity contribution in [2.75, 3.05) is 27.3 Å². The number of rotatable bonds is 6. The topological polar surface area (TPSA) is 38.8 Å². The number of ether oxygens (including phenoxy) is 2. The highest BCUT2D eigenvalue weighted by molar-refractivity contribution is 5.87. The second-order valence-electron chi connectivity index (χ2n) is 5.87. The minimum Gasteiger partial charge on any atom is -0.497 e. The summed E-state index contributed by atoms with van der Waals surface area (Å²) in [5.41, 5.74) is 1.00. The smallest absolute Gasteiger partial charge is 0.330 e. The van der Waals surface area contributed by atoms with Gasteiger partial charge in [-0.25, -0.2) is 4.79 Å². The number of hydrogen-bond acceptors (Lipinski definition) is 4. The van der Waals surface area contributed by atoms with Crippen LogP contribution in [0.1, 0.15) is 26.3 Å². The van der Waals surface area contributed by atoms with Crippen LogP contribution in [0.2, 0.25) is 0 Å². The molecule has 0 unspecified atom stereocenters. The van der Waals surface area contributed by atoms with Crippen LogP contribution in [0.25, 0.3) is 6.08 Å². The van der Waals surface area contributed by atoms with Crippen LogP contribution in [0.3, 0.4) is 0 Å². The van der Waals surface area contributed by atoms with Gasteiger partial charge >= 0.3 is 5.97 Å². The Labute approximate surface area is 127 Å². The van der Waals surface area contributed by atoms with E-state index in [1.54, 1.807) is 13.2 Å². The van der Waals surface area contributed by atoms with E-state index in [-0.39, 0.29) is 11.5 Å². The van der Waals surface area contributed by atoms with Crippen LogP contribution < -0.4 is 4.74 Å². The first-order valence-corrected chi connectivity index (χ1v) is 7.03. The molecule has 0 atom stereocenters. The van der Waals surface area contributed by atoms with E-state index in [0.717, 1.165) is 11.3 Å². The van der Waals surface area contributed by atoms with Crippen molar-refractivity contribution in [1.82, 2.24) is 4.90 Å². The lowest BCUT2D eigenvalue weighted by Crippen LogP contribution is -2.40. The molecule has 4 heteroatoms. The predicted octanol–water partition coefficient (Wildman–Crippen LogP) is 2.98. The number of likely N-dealkylation sites (N-methyl/N-ethyl adjacent to an activating group) is 1. The normalized spacial score (nSPS) is 11.9. The second-order valence-corrected chi connectivity index (χ2v) is 5.87. The zero-order valence-electron chi connectivity index (χ0n) is 13.6. The summed E-state index contributed by atoms with van der Waals surface area (Å²) in [5, 5.41) is 0. The molecule has 0 saturated heterocycles. The molecule has 1 aromatic rings. The molecule has 4 nitrogen and oxygen atoms in total. The minimum absolute atomic E-state index is 0.0747. The first-order valence-electron chi connectivity index (χ1n) is 7.03. The summed E-state index contributed by atoms with van der Waals surface area (Å²) in [4.78, 5) is 13.8. The van der Waals surface area contributed by atoms with Crippen LogP contribution in [0.5, 0.6) is 5.75 Å². The van der Waals surface area contributed by atoms with E-state index < -0.39 is 0 Å². The zero-order valence-corrected chi connectivity index (χ0v) is 13.6. The Kier molecular flexibility index (Phi) is 6.43. The highest BCUT2D eigenvalue weighted by Crippen LogP contribution is 2.12. The van der Waals surface area contributed by atoms with Gasteiger partial charge in [0.1, 0.15) is 12.4 Å². The SMILES string of the molecule is COc1ccc(C=CC(=O)OCCN(C)C(C)(C)C)cc1. The molecule has 0 aliphatic rings. The van der Waals surface area contributed by atoms with Crippen LogP contribution in [-0.4, -0.2) is 43.7 Å². The lowest BCUT2D eigenvalue weighted by Gasteiger charge is -2.31. The molecule has 0 N–H and O–H groups in total. The van der Waals surface area contributed by atoms with Gasteiger partial charge in [-0.15, -0.1) is 0 Å². The third-order valence-corrected chi connectivity index (χ3v) is 3.34. The van der Waals surface area contributed by atoms with Crippen LogP contribution in [0.15, 0.2) is 30.3 Å². The van der Waals surface area contributed by atoms with Gasteiger partial charge in [0.05, 0.1) is 7.11 Å². The summed E-state index contributed by atoms with van der Waals surface area (Å²) >= 11 is 0. The molecule has 116 valence electrons. The number of carbonyl (C=O) groups is 1. The van der Waals surface area contributed by atoms with Crippen molar-refractivity contribution < 1.29 is 14.3 Å². The van der Waals surface area contributed by atoms with Gasteiger partial charge < -0.3 is 9.47 Å². The maximum atomic E-state index is 11.6. The van der Waals surface area contributed by atoms with Gasteiger partial charge in [0.15, 0.2) is 0 Å². The summed E-state index contributed by atoms with van der Waals surface area (Å²) < 4.78 is 10.3. The standard InChI is InChI=1S/C17H25NO3/c1-17(2,3)18(4)12-13-21-16(19)11-8-14-6-9-15(20-5)10-7-14/h6-11H,12-13H2,1-5H3. The molecule has 0 radical (unpaired) electrons. The number of hydrogen-bond donors (Lipinski definition) is 0. The van der Waals surface area contributed by atoms with Crippen molar-refractivity contribution in [3.05, 3.63) is 35.9 Å². The molecule has 0 heterocycles. The van der Waals surface area contributed by atoms with Crippen LogP contribution in [0.4, 0.5) is 0 Å². The van der Waals surface area contributed by atoms with E-state index in [4.69, 9.17) is 9.47 Å². The fourth-order valence-corrected chi connectivity index (χ4v) is 1.55. The van der Waals surface area contributed by atoms with Crippen molar-refractivity contribution in [3.63, 3.8) is 0 Å². The average molecular weight is 291 g/mol. The van der Waals surface area contributed by atoms with Crippen LogP contribution >= 0.6 is 0 Å². The largest absolute Gasteiger partial charge is 0.497 e. The maximum absolute atomic E-state index is 11.6. The molecule has 0 fully saturated rings. The Morgan fingerprint density at radius 3 is 2.38 bits per heavy atom. The van der Waals surface area contributed by atoms with Gasteiger partial charge in [-0.05, 0) is 51.6 Å². The first-order chi connectivity index (χ1) is 9.82. The van der Waals surface area contributed by atoms with Gasteiger partial charge in [-0.3, -0.25) is 4.90 Å². The van der Waals surface area contributed by atoms with E-state index in [2.05, 4.69) is 25.7 Å². The van der Waals surface area contributed by atoms with Crippen LogP contribution in [-0.2, 0) is 9.53 Å². The lowest BCUT2D eigenvalue weighted by molar-refractivity contribution is -0.138. The van der Waals surface area contributed by atoms with E-state index in [9.17, 15) is 4.79 Å². The third kappa shape index (κ3) is 6.45. The number of esters is 1. The second kappa shape index (κ2) is 7.84. The monoisotopic (exact) mass is 291 g/mol. The molecule has 0 amide bonds. The quantitative estimate of drug-likeness (QED) is 0.596. The molecule has 21 heavy (non-hydrogen) atoms. The van der Waals surface area contributed by atoms with E-state index in [0.29, 0.717) is 13.2 Å². The number of methoxy groups -OCH3 is 1. The predicted molar refractivity (Wildman–Crippen MR) is 85.4 cm³/mol. The highest BCUT2D eigenvalue weighted by Gasteiger charge is 2.16. The molecule has 0 spiro atoms.